The zero-order valence-electron chi connectivity index (χ0n) is 14.5. The van der Waals surface area contributed by atoms with E-state index in [1.165, 1.54) is 10.5 Å². The number of nitrogens with zero attached hydrogens (tertiary/aromatic N) is 1. The molecule has 0 spiro atoms. The van der Waals surface area contributed by atoms with Crippen LogP contribution in [-0.4, -0.2) is 49.3 Å². The van der Waals surface area contributed by atoms with Crippen LogP contribution in [0.5, 0.6) is 0 Å². The van der Waals surface area contributed by atoms with Gasteiger partial charge in [-0.3, -0.25) is 9.69 Å². The summed E-state index contributed by atoms with van der Waals surface area (Å²) in [5.41, 5.74) is 1.40. The van der Waals surface area contributed by atoms with Gasteiger partial charge in [-0.25, -0.2) is 0 Å². The Labute approximate surface area is 144 Å². The van der Waals surface area contributed by atoms with Crippen LogP contribution >= 0.6 is 11.8 Å². The molecule has 23 heavy (non-hydrogen) atoms. The molecule has 1 aliphatic rings. The lowest BCUT2D eigenvalue weighted by Crippen LogP contribution is -2.46. The third-order valence-electron chi connectivity index (χ3n) is 4.40. The van der Waals surface area contributed by atoms with E-state index in [1.54, 1.807) is 7.05 Å². The number of rotatable bonds is 7. The molecule has 0 aliphatic carbocycles. The third kappa shape index (κ3) is 5.52. The molecule has 1 heterocycles. The van der Waals surface area contributed by atoms with Gasteiger partial charge in [0.25, 0.3) is 0 Å². The third-order valence-corrected chi connectivity index (χ3v) is 5.38. The van der Waals surface area contributed by atoms with Crippen LogP contribution in [0, 0.1) is 0 Å². The predicted molar refractivity (Wildman–Crippen MR) is 97.9 cm³/mol. The number of carbonyl (C=O) groups is 1. The number of amides is 1. The monoisotopic (exact) mass is 335 g/mol. The van der Waals surface area contributed by atoms with Gasteiger partial charge in [0.1, 0.15) is 0 Å². The highest BCUT2D eigenvalue weighted by Crippen LogP contribution is 2.28. The molecule has 1 aromatic rings. The first-order valence-electron chi connectivity index (χ1n) is 8.54. The highest BCUT2D eigenvalue weighted by molar-refractivity contribution is 7.99. The molecule has 2 N–H and O–H groups in total. The lowest BCUT2D eigenvalue weighted by atomic mass is 10.0. The van der Waals surface area contributed by atoms with Crippen molar-refractivity contribution in [3.05, 3.63) is 29.8 Å². The lowest BCUT2D eigenvalue weighted by Gasteiger charge is -2.33. The number of thioether (sulfide) groups is 1. The van der Waals surface area contributed by atoms with Crippen molar-refractivity contribution in [3.8, 4) is 0 Å². The summed E-state index contributed by atoms with van der Waals surface area (Å²) in [5.74, 6) is 1.21. The Balaban J connectivity index is 1.85. The van der Waals surface area contributed by atoms with Crippen LogP contribution in [0.4, 0.5) is 0 Å². The Morgan fingerprint density at radius 2 is 2.04 bits per heavy atom. The zero-order valence-corrected chi connectivity index (χ0v) is 15.3. The van der Waals surface area contributed by atoms with E-state index in [2.05, 4.69) is 53.6 Å². The van der Waals surface area contributed by atoms with Crippen molar-refractivity contribution in [1.82, 2.24) is 15.5 Å². The van der Waals surface area contributed by atoms with E-state index in [4.69, 9.17) is 0 Å². The zero-order chi connectivity index (χ0) is 16.7. The summed E-state index contributed by atoms with van der Waals surface area (Å²) < 4.78 is 0. The maximum Gasteiger partial charge on any atom is 0.233 e. The first kappa shape index (κ1) is 18.3. The van der Waals surface area contributed by atoms with Crippen molar-refractivity contribution in [2.45, 2.75) is 43.7 Å². The molecule has 1 atom stereocenters. The van der Waals surface area contributed by atoms with Gasteiger partial charge >= 0.3 is 0 Å². The van der Waals surface area contributed by atoms with Crippen molar-refractivity contribution < 1.29 is 4.79 Å². The maximum absolute atomic E-state index is 11.5. The van der Waals surface area contributed by atoms with Crippen molar-refractivity contribution in [1.29, 1.82) is 0 Å². The van der Waals surface area contributed by atoms with Crippen molar-refractivity contribution in [2.75, 3.05) is 32.4 Å². The first-order chi connectivity index (χ1) is 11.1. The van der Waals surface area contributed by atoms with Gasteiger partial charge in [-0.05, 0) is 37.1 Å². The van der Waals surface area contributed by atoms with Gasteiger partial charge in [0.15, 0.2) is 0 Å². The van der Waals surface area contributed by atoms with Crippen LogP contribution in [0.2, 0.25) is 0 Å². The van der Waals surface area contributed by atoms with E-state index >= 15 is 0 Å². The van der Waals surface area contributed by atoms with Gasteiger partial charge < -0.3 is 10.6 Å². The summed E-state index contributed by atoms with van der Waals surface area (Å²) >= 11 is 1.91. The Hall–Kier alpha value is -1.04. The lowest BCUT2D eigenvalue weighted by molar-refractivity contribution is -0.122. The Kier molecular flexibility index (Phi) is 7.40. The Morgan fingerprint density at radius 1 is 1.35 bits per heavy atom. The number of hydrogen-bond acceptors (Lipinski definition) is 4. The van der Waals surface area contributed by atoms with Gasteiger partial charge in [-0.2, -0.15) is 0 Å². The fourth-order valence-electron chi connectivity index (χ4n) is 3.11. The molecule has 1 amide bonds. The fraction of sp³-hybridized carbons (Fsp3) is 0.611. The highest BCUT2D eigenvalue weighted by atomic mass is 32.2. The average Bonchev–Trinajstić information content (AvgIpc) is 2.57. The molecule has 1 aromatic carbocycles. The van der Waals surface area contributed by atoms with Gasteiger partial charge in [-0.1, -0.05) is 25.1 Å². The smallest absolute Gasteiger partial charge is 0.233 e. The molecule has 4 nitrogen and oxygen atoms in total. The summed E-state index contributed by atoms with van der Waals surface area (Å²) in [6.07, 6.45) is 2.20. The number of likely N-dealkylation sites (tertiary alicyclic amines) is 1. The molecule has 0 aromatic heterocycles. The van der Waals surface area contributed by atoms with Crippen molar-refractivity contribution >= 4 is 17.7 Å². The molecule has 0 radical (unpaired) electrons. The minimum Gasteiger partial charge on any atom is -0.358 e. The molecular weight excluding hydrogens is 306 g/mol. The van der Waals surface area contributed by atoms with Crippen LogP contribution in [0.3, 0.4) is 0 Å². The summed E-state index contributed by atoms with van der Waals surface area (Å²) in [6, 6.07) is 9.58. The van der Waals surface area contributed by atoms with E-state index in [9.17, 15) is 4.79 Å². The second-order valence-corrected chi connectivity index (χ2v) is 7.39. The molecule has 1 saturated heterocycles. The number of benzene rings is 1. The quantitative estimate of drug-likeness (QED) is 0.752. The number of piperidine rings is 1. The molecular formula is C18H29N3OS. The van der Waals surface area contributed by atoms with Crippen LogP contribution < -0.4 is 10.6 Å². The fourth-order valence-corrected chi connectivity index (χ4v) is 4.01. The maximum atomic E-state index is 11.5. The van der Waals surface area contributed by atoms with E-state index in [-0.39, 0.29) is 5.91 Å². The minimum absolute atomic E-state index is 0.107. The Bertz CT molecular complexity index is 501. The summed E-state index contributed by atoms with van der Waals surface area (Å²) in [5, 5.41) is 6.48. The Morgan fingerprint density at radius 3 is 2.70 bits per heavy atom. The number of carbonyl (C=O) groups excluding carboxylic acids is 1. The van der Waals surface area contributed by atoms with Crippen LogP contribution in [0.25, 0.3) is 0 Å². The minimum atomic E-state index is 0.107. The summed E-state index contributed by atoms with van der Waals surface area (Å²) in [7, 11) is 1.70. The van der Waals surface area contributed by atoms with Gasteiger partial charge in [-0.15, -0.1) is 11.8 Å². The molecule has 1 aliphatic heterocycles. The molecule has 0 bridgehead atoms. The number of likely N-dealkylation sites (N-methyl/N-ethyl adjacent to an activating group) is 1. The van der Waals surface area contributed by atoms with E-state index < -0.39 is 0 Å². The molecule has 0 saturated carbocycles. The molecule has 1 fully saturated rings. The van der Waals surface area contributed by atoms with Gasteiger partial charge in [0, 0.05) is 37.1 Å². The largest absolute Gasteiger partial charge is 0.358 e. The molecule has 0 unspecified atom stereocenters. The van der Waals surface area contributed by atoms with E-state index in [0.717, 1.165) is 31.7 Å². The molecule has 5 heteroatoms. The normalized spacial score (nSPS) is 17.9. The summed E-state index contributed by atoms with van der Waals surface area (Å²) in [6.45, 7) is 6.95. The summed E-state index contributed by atoms with van der Waals surface area (Å²) in [4.78, 5) is 15.1. The highest BCUT2D eigenvalue weighted by Gasteiger charge is 2.22. The second kappa shape index (κ2) is 9.30. The number of nitrogens with one attached hydrogen (secondary N) is 2. The van der Waals surface area contributed by atoms with Crippen LogP contribution in [0.1, 0.15) is 38.3 Å². The standard InChI is InChI=1S/C18H29N3OS/c1-4-23-17-8-6-5-7-16(17)14(2)20-15-9-11-21(12-10-15)13-18(22)19-3/h5-8,14-15,20H,4,9-13H2,1-3H3,(H,19,22)/t14-/m0/s1. The van der Waals surface area contributed by atoms with Crippen molar-refractivity contribution in [2.24, 2.45) is 0 Å². The van der Waals surface area contributed by atoms with Gasteiger partial charge in [0.05, 0.1) is 6.54 Å². The SMILES string of the molecule is CCSc1ccccc1[C@H](C)NC1CCN(CC(=O)NC)CC1. The average molecular weight is 336 g/mol. The first-order valence-corrected chi connectivity index (χ1v) is 9.53. The second-order valence-electron chi connectivity index (χ2n) is 6.08. The number of hydrogen-bond donors (Lipinski definition) is 2. The van der Waals surface area contributed by atoms with Gasteiger partial charge in [0.2, 0.25) is 5.91 Å². The molecule has 128 valence electrons. The molecule has 2 rings (SSSR count). The predicted octanol–water partition coefficient (Wildman–Crippen LogP) is 2.66. The topological polar surface area (TPSA) is 44.4 Å². The van der Waals surface area contributed by atoms with Crippen molar-refractivity contribution in [3.63, 3.8) is 0 Å². The van der Waals surface area contributed by atoms with E-state index in [0.29, 0.717) is 18.6 Å². The van der Waals surface area contributed by atoms with Crippen LogP contribution in [-0.2, 0) is 4.79 Å². The van der Waals surface area contributed by atoms with E-state index in [1.807, 2.05) is 11.8 Å². The van der Waals surface area contributed by atoms with Crippen LogP contribution in [0.15, 0.2) is 29.2 Å².